The van der Waals surface area contributed by atoms with Crippen LogP contribution in [-0.2, 0) is 0 Å². The van der Waals surface area contributed by atoms with Gasteiger partial charge in [-0.1, -0.05) is 12.1 Å². The van der Waals surface area contributed by atoms with E-state index in [2.05, 4.69) is 10.2 Å². The first-order chi connectivity index (χ1) is 11.0. The van der Waals surface area contributed by atoms with E-state index < -0.39 is 0 Å². The minimum absolute atomic E-state index is 0.221. The topological polar surface area (TPSA) is 65.7 Å². The van der Waals surface area contributed by atoms with Gasteiger partial charge in [0.25, 0.3) is 5.91 Å². The van der Waals surface area contributed by atoms with Crippen LogP contribution in [0.3, 0.4) is 0 Å². The molecule has 1 aliphatic rings. The maximum absolute atomic E-state index is 12.5. The van der Waals surface area contributed by atoms with Crippen LogP contribution >= 0.6 is 0 Å². The van der Waals surface area contributed by atoms with Gasteiger partial charge in [0.15, 0.2) is 5.76 Å². The summed E-state index contributed by atoms with van der Waals surface area (Å²) in [5.41, 5.74) is 2.58. The molecule has 0 atom stereocenters. The Hall–Kier alpha value is -2.27. The highest BCUT2D eigenvalue weighted by Gasteiger charge is 2.21. The van der Waals surface area contributed by atoms with E-state index in [4.69, 9.17) is 4.42 Å². The van der Waals surface area contributed by atoms with Crippen molar-refractivity contribution in [2.75, 3.05) is 23.3 Å². The Morgan fingerprint density at radius 3 is 2.61 bits per heavy atom. The Kier molecular flexibility index (Phi) is 4.39. The number of carbonyl (C=O) groups excluding carboxylic acids is 1. The van der Waals surface area contributed by atoms with E-state index in [9.17, 15) is 9.90 Å². The van der Waals surface area contributed by atoms with Gasteiger partial charge in [-0.3, -0.25) is 4.79 Å². The lowest BCUT2D eigenvalue weighted by atomic mass is 10.1. The second kappa shape index (κ2) is 6.46. The fourth-order valence-corrected chi connectivity index (χ4v) is 3.01. The highest BCUT2D eigenvalue weighted by Crippen LogP contribution is 2.29. The van der Waals surface area contributed by atoms with E-state index >= 15 is 0 Å². The summed E-state index contributed by atoms with van der Waals surface area (Å²) in [6.07, 6.45) is 1.28. The summed E-state index contributed by atoms with van der Waals surface area (Å²) < 4.78 is 5.49. The average Bonchev–Trinajstić information content (AvgIpc) is 2.87. The van der Waals surface area contributed by atoms with E-state index in [1.54, 1.807) is 0 Å². The third-order valence-corrected chi connectivity index (χ3v) is 4.20. The zero-order chi connectivity index (χ0) is 16.4. The van der Waals surface area contributed by atoms with Gasteiger partial charge in [0, 0.05) is 18.7 Å². The number of hydrogen-bond donors (Lipinski definition) is 2. The summed E-state index contributed by atoms with van der Waals surface area (Å²) in [5.74, 6) is 0.845. The van der Waals surface area contributed by atoms with Crippen molar-refractivity contribution in [3.63, 3.8) is 0 Å². The highest BCUT2D eigenvalue weighted by atomic mass is 16.3. The van der Waals surface area contributed by atoms with Crippen LogP contribution in [0.15, 0.2) is 34.7 Å². The minimum Gasteiger partial charge on any atom is -0.456 e. The van der Waals surface area contributed by atoms with Crippen molar-refractivity contribution in [2.45, 2.75) is 32.8 Å². The molecule has 1 aromatic carbocycles. The van der Waals surface area contributed by atoms with Crippen LogP contribution in [0.5, 0.6) is 0 Å². The Balaban J connectivity index is 1.80. The van der Waals surface area contributed by atoms with Gasteiger partial charge in [-0.2, -0.15) is 0 Å². The van der Waals surface area contributed by atoms with Crippen molar-refractivity contribution in [1.82, 2.24) is 0 Å². The number of aliphatic hydroxyl groups is 1. The normalized spacial score (nSPS) is 15.7. The smallest absolute Gasteiger partial charge is 0.291 e. The molecule has 0 unspecified atom stereocenters. The molecule has 2 aromatic rings. The first-order valence-electron chi connectivity index (χ1n) is 7.95. The van der Waals surface area contributed by atoms with Crippen molar-refractivity contribution in [2.24, 2.45) is 0 Å². The fraction of sp³-hybridized carbons (Fsp3) is 0.389. The molecular weight excluding hydrogens is 292 g/mol. The monoisotopic (exact) mass is 314 g/mol. The molecule has 1 saturated heterocycles. The molecular formula is C18H22N2O3. The van der Waals surface area contributed by atoms with Crippen molar-refractivity contribution < 1.29 is 14.3 Å². The molecule has 0 aliphatic carbocycles. The van der Waals surface area contributed by atoms with Crippen molar-refractivity contribution >= 4 is 17.3 Å². The van der Waals surface area contributed by atoms with Gasteiger partial charge in [0.05, 0.1) is 17.5 Å². The number of amides is 1. The van der Waals surface area contributed by atoms with Gasteiger partial charge in [0.1, 0.15) is 5.76 Å². The lowest BCUT2D eigenvalue weighted by Crippen LogP contribution is -2.36. The van der Waals surface area contributed by atoms with E-state index in [-0.39, 0.29) is 12.0 Å². The quantitative estimate of drug-likeness (QED) is 0.913. The molecule has 23 heavy (non-hydrogen) atoms. The molecule has 5 heteroatoms. The van der Waals surface area contributed by atoms with Crippen LogP contribution in [0.25, 0.3) is 0 Å². The van der Waals surface area contributed by atoms with Crippen LogP contribution in [0.1, 0.15) is 34.7 Å². The molecule has 122 valence electrons. The van der Waals surface area contributed by atoms with Gasteiger partial charge >= 0.3 is 0 Å². The number of carbonyl (C=O) groups is 1. The summed E-state index contributed by atoms with van der Waals surface area (Å²) in [5, 5.41) is 12.6. The number of aliphatic hydroxyl groups excluding tert-OH is 1. The largest absolute Gasteiger partial charge is 0.456 e. The summed E-state index contributed by atoms with van der Waals surface area (Å²) in [6, 6.07) is 9.60. The number of anilines is 2. The van der Waals surface area contributed by atoms with Gasteiger partial charge in [-0.05, 0) is 44.9 Å². The predicted octanol–water partition coefficient (Wildman–Crippen LogP) is 3.11. The number of hydrogen-bond acceptors (Lipinski definition) is 4. The number of aryl methyl sites for hydroxylation is 2. The van der Waals surface area contributed by atoms with E-state index in [0.29, 0.717) is 5.76 Å². The molecule has 1 aromatic heterocycles. The fourth-order valence-electron chi connectivity index (χ4n) is 3.01. The van der Waals surface area contributed by atoms with E-state index in [1.165, 1.54) is 0 Å². The lowest BCUT2D eigenvalue weighted by molar-refractivity contribution is 0.0994. The highest BCUT2D eigenvalue weighted by molar-refractivity contribution is 6.05. The van der Waals surface area contributed by atoms with Crippen LogP contribution in [0.2, 0.25) is 0 Å². The maximum atomic E-state index is 12.5. The van der Waals surface area contributed by atoms with Crippen molar-refractivity contribution in [3.05, 3.63) is 47.4 Å². The van der Waals surface area contributed by atoms with E-state index in [0.717, 1.165) is 48.6 Å². The summed E-state index contributed by atoms with van der Waals surface area (Å²) >= 11 is 0. The zero-order valence-electron chi connectivity index (χ0n) is 13.5. The van der Waals surface area contributed by atoms with Gasteiger partial charge < -0.3 is 19.7 Å². The first kappa shape index (κ1) is 15.6. The number of para-hydroxylation sites is 2. The van der Waals surface area contributed by atoms with E-state index in [1.807, 2.05) is 44.2 Å². The van der Waals surface area contributed by atoms with Crippen LogP contribution in [-0.4, -0.2) is 30.2 Å². The molecule has 2 N–H and O–H groups in total. The standard InChI is InChI=1S/C18H22N2O3/c1-12-11-13(2)23-17(12)18(22)19-15-5-3-4-6-16(15)20-9-7-14(21)8-10-20/h3-6,11,14,21H,7-10H2,1-2H3,(H,19,22). The van der Waals surface area contributed by atoms with Gasteiger partial charge in [-0.25, -0.2) is 0 Å². The molecule has 1 aliphatic heterocycles. The molecule has 0 saturated carbocycles. The molecule has 2 heterocycles. The van der Waals surface area contributed by atoms with Crippen molar-refractivity contribution in [1.29, 1.82) is 0 Å². The zero-order valence-corrected chi connectivity index (χ0v) is 13.5. The molecule has 0 radical (unpaired) electrons. The maximum Gasteiger partial charge on any atom is 0.291 e. The summed E-state index contributed by atoms with van der Waals surface area (Å²) in [4.78, 5) is 14.7. The predicted molar refractivity (Wildman–Crippen MR) is 90.0 cm³/mol. The molecule has 5 nitrogen and oxygen atoms in total. The number of piperidine rings is 1. The first-order valence-corrected chi connectivity index (χ1v) is 7.95. The molecule has 3 rings (SSSR count). The molecule has 1 fully saturated rings. The second-order valence-electron chi connectivity index (χ2n) is 6.06. The van der Waals surface area contributed by atoms with Crippen LogP contribution in [0, 0.1) is 13.8 Å². The van der Waals surface area contributed by atoms with Crippen LogP contribution < -0.4 is 10.2 Å². The third-order valence-electron chi connectivity index (χ3n) is 4.20. The second-order valence-corrected chi connectivity index (χ2v) is 6.06. The van der Waals surface area contributed by atoms with Crippen molar-refractivity contribution in [3.8, 4) is 0 Å². The lowest BCUT2D eigenvalue weighted by Gasteiger charge is -2.32. The summed E-state index contributed by atoms with van der Waals surface area (Å²) in [7, 11) is 0. The van der Waals surface area contributed by atoms with Crippen LogP contribution in [0.4, 0.5) is 11.4 Å². The Labute approximate surface area is 135 Å². The van der Waals surface area contributed by atoms with Gasteiger partial charge in [-0.15, -0.1) is 0 Å². The Bertz CT molecular complexity index is 700. The summed E-state index contributed by atoms with van der Waals surface area (Å²) in [6.45, 7) is 5.26. The average molecular weight is 314 g/mol. The number of nitrogens with one attached hydrogen (secondary N) is 1. The minimum atomic E-state index is -0.236. The molecule has 0 spiro atoms. The SMILES string of the molecule is Cc1cc(C)c(C(=O)Nc2ccccc2N2CCC(O)CC2)o1. The Morgan fingerprint density at radius 2 is 1.96 bits per heavy atom. The molecule has 0 bridgehead atoms. The number of rotatable bonds is 3. The van der Waals surface area contributed by atoms with Gasteiger partial charge in [0.2, 0.25) is 0 Å². The third kappa shape index (κ3) is 3.40. The number of nitrogens with zero attached hydrogens (tertiary/aromatic N) is 1. The Morgan fingerprint density at radius 1 is 1.26 bits per heavy atom. The number of benzene rings is 1. The number of furan rings is 1. The molecule has 1 amide bonds.